The molecule has 0 aliphatic carbocycles. The number of aliphatic carboxylic acids is 1. The first-order chi connectivity index (χ1) is 20.1. The second-order valence-corrected chi connectivity index (χ2v) is 12.0. The number of hydrogen-bond acceptors (Lipinski definition) is 7. The number of carbonyl (C=O) groups excluding carboxylic acids is 1. The number of rotatable bonds is 9. The van der Waals surface area contributed by atoms with Crippen LogP contribution in [0.2, 0.25) is 0 Å². The first-order valence-corrected chi connectivity index (χ1v) is 14.4. The summed E-state index contributed by atoms with van der Waals surface area (Å²) in [4.78, 5) is 32.7. The highest BCUT2D eigenvalue weighted by Gasteiger charge is 2.40. The average molecular weight is 574 g/mol. The summed E-state index contributed by atoms with van der Waals surface area (Å²) in [5.74, 6) is 0.608. The van der Waals surface area contributed by atoms with E-state index in [1.165, 1.54) is 0 Å². The Balaban J connectivity index is 1.20. The van der Waals surface area contributed by atoms with Crippen LogP contribution < -0.4 is 9.47 Å². The molecule has 0 spiro atoms. The molecule has 0 radical (unpaired) electrons. The molecule has 1 atom stereocenters. The number of pyridine rings is 1. The van der Waals surface area contributed by atoms with Crippen LogP contribution in [0.3, 0.4) is 0 Å². The van der Waals surface area contributed by atoms with Gasteiger partial charge in [-0.2, -0.15) is 0 Å². The third kappa shape index (κ3) is 6.85. The van der Waals surface area contributed by atoms with Crippen LogP contribution >= 0.6 is 0 Å². The first kappa shape index (κ1) is 29.4. The molecule has 1 N–H and O–H groups in total. The van der Waals surface area contributed by atoms with Crippen LogP contribution in [-0.4, -0.2) is 64.3 Å². The zero-order valence-corrected chi connectivity index (χ0v) is 24.7. The van der Waals surface area contributed by atoms with Crippen molar-refractivity contribution in [2.45, 2.75) is 64.6 Å². The average Bonchev–Trinajstić information content (AvgIpc) is 3.35. The molecule has 5 rings (SSSR count). The molecule has 3 aromatic rings. The highest BCUT2D eigenvalue weighted by Crippen LogP contribution is 2.36. The van der Waals surface area contributed by atoms with Crippen molar-refractivity contribution in [1.82, 2.24) is 14.8 Å². The van der Waals surface area contributed by atoms with E-state index >= 15 is 0 Å². The van der Waals surface area contributed by atoms with Gasteiger partial charge in [0.2, 0.25) is 5.88 Å². The minimum Gasteiger partial charge on any atom is -0.482 e. The van der Waals surface area contributed by atoms with Gasteiger partial charge in [0, 0.05) is 43.0 Å². The molecule has 9 heteroatoms. The molecule has 0 bridgehead atoms. The van der Waals surface area contributed by atoms with Crippen LogP contribution in [0.25, 0.3) is 0 Å². The van der Waals surface area contributed by atoms with Crippen molar-refractivity contribution in [3.05, 3.63) is 83.0 Å². The van der Waals surface area contributed by atoms with Crippen molar-refractivity contribution in [3.63, 3.8) is 0 Å². The first-order valence-electron chi connectivity index (χ1n) is 14.4. The van der Waals surface area contributed by atoms with Crippen molar-refractivity contribution >= 4 is 12.1 Å². The van der Waals surface area contributed by atoms with E-state index in [-0.39, 0.29) is 23.6 Å². The lowest BCUT2D eigenvalue weighted by Crippen LogP contribution is -2.46. The van der Waals surface area contributed by atoms with E-state index in [0.717, 1.165) is 54.9 Å². The second kappa shape index (κ2) is 12.4. The Morgan fingerprint density at radius 1 is 1.07 bits per heavy atom. The summed E-state index contributed by atoms with van der Waals surface area (Å²) in [6.07, 6.45) is 1.58. The van der Waals surface area contributed by atoms with E-state index in [9.17, 15) is 9.59 Å². The monoisotopic (exact) mass is 573 g/mol. The summed E-state index contributed by atoms with van der Waals surface area (Å²) in [6.45, 7) is 10.7. The minimum absolute atomic E-state index is 0.0258. The topological polar surface area (TPSA) is 101 Å². The number of aromatic nitrogens is 1. The number of likely N-dealkylation sites (tertiary alicyclic amines) is 1. The van der Waals surface area contributed by atoms with Gasteiger partial charge in [-0.05, 0) is 54.5 Å². The Morgan fingerprint density at radius 2 is 1.81 bits per heavy atom. The van der Waals surface area contributed by atoms with Gasteiger partial charge in [-0.25, -0.2) is 14.6 Å². The number of carboxylic acid groups (broad SMARTS) is 1. The fourth-order valence-electron chi connectivity index (χ4n) is 5.70. The van der Waals surface area contributed by atoms with Crippen LogP contribution in [0.4, 0.5) is 4.79 Å². The van der Waals surface area contributed by atoms with E-state index in [1.807, 2.05) is 62.9 Å². The molecule has 1 aromatic heterocycles. The zero-order valence-electron chi connectivity index (χ0n) is 24.7. The smallest absolute Gasteiger partial charge is 0.410 e. The molecule has 2 fully saturated rings. The van der Waals surface area contributed by atoms with Gasteiger partial charge in [-0.1, -0.05) is 57.2 Å². The molecular weight excluding hydrogens is 534 g/mol. The predicted octanol–water partition coefficient (Wildman–Crippen LogP) is 6.10. The van der Waals surface area contributed by atoms with Crippen LogP contribution in [0.1, 0.15) is 62.0 Å². The summed E-state index contributed by atoms with van der Waals surface area (Å²) < 4.78 is 17.1. The maximum atomic E-state index is 12.6. The number of amides is 1. The summed E-state index contributed by atoms with van der Waals surface area (Å²) in [6, 6.07) is 19.6. The second-order valence-electron chi connectivity index (χ2n) is 12.0. The van der Waals surface area contributed by atoms with Crippen LogP contribution in [0.5, 0.6) is 17.4 Å². The summed E-state index contributed by atoms with van der Waals surface area (Å²) >= 11 is 0. The van der Waals surface area contributed by atoms with Gasteiger partial charge in [-0.3, -0.25) is 9.80 Å². The molecule has 2 aromatic carbocycles. The predicted molar refractivity (Wildman–Crippen MR) is 158 cm³/mol. The molecular formula is C33H39N3O6. The fourth-order valence-corrected chi connectivity index (χ4v) is 5.70. The third-order valence-corrected chi connectivity index (χ3v) is 7.94. The lowest BCUT2D eigenvalue weighted by Gasteiger charge is -2.38. The molecule has 222 valence electrons. The molecule has 42 heavy (non-hydrogen) atoms. The molecule has 2 aliphatic heterocycles. The molecule has 2 saturated heterocycles. The van der Waals surface area contributed by atoms with Crippen LogP contribution in [0.15, 0.2) is 60.7 Å². The number of carbonyl (C=O) groups is 2. The number of cyclic esters (lactones) is 1. The maximum absolute atomic E-state index is 12.6. The summed E-state index contributed by atoms with van der Waals surface area (Å²) in [5, 5.41) is 9.00. The normalized spacial score (nSPS) is 18.1. The lowest BCUT2D eigenvalue weighted by atomic mass is 9.86. The van der Waals surface area contributed by atoms with Crippen molar-refractivity contribution in [2.24, 2.45) is 0 Å². The van der Waals surface area contributed by atoms with Crippen molar-refractivity contribution in [2.75, 3.05) is 26.3 Å². The van der Waals surface area contributed by atoms with E-state index < -0.39 is 12.6 Å². The van der Waals surface area contributed by atoms with Crippen LogP contribution in [0, 0.1) is 6.92 Å². The van der Waals surface area contributed by atoms with Crippen molar-refractivity contribution < 1.29 is 28.9 Å². The van der Waals surface area contributed by atoms with Gasteiger partial charge in [0.15, 0.2) is 6.61 Å². The molecule has 1 unspecified atom stereocenters. The Kier molecular flexibility index (Phi) is 8.68. The third-order valence-electron chi connectivity index (χ3n) is 7.94. The summed E-state index contributed by atoms with van der Waals surface area (Å²) in [7, 11) is 0. The van der Waals surface area contributed by atoms with Gasteiger partial charge in [-0.15, -0.1) is 0 Å². The Hall–Kier alpha value is -4.11. The Bertz CT molecular complexity index is 1410. The number of hydrogen-bond donors (Lipinski definition) is 1. The van der Waals surface area contributed by atoms with E-state index in [0.29, 0.717) is 24.0 Å². The molecule has 9 nitrogen and oxygen atoms in total. The largest absolute Gasteiger partial charge is 0.482 e. The van der Waals surface area contributed by atoms with Gasteiger partial charge < -0.3 is 19.3 Å². The number of ether oxygens (including phenoxy) is 3. The SMILES string of the molecule is Cc1nc(Oc2ccc(OCC(=O)O)c(C(C)(C)C)c2)ccc1CN1CCC(N2C(=O)OCC2c2ccccc2)CC1. The minimum atomic E-state index is -1.02. The Morgan fingerprint density at radius 3 is 2.48 bits per heavy atom. The fraction of sp³-hybridized carbons (Fsp3) is 0.424. The number of piperidine rings is 1. The van der Waals surface area contributed by atoms with Crippen LogP contribution in [-0.2, 0) is 21.5 Å². The molecule has 3 heterocycles. The van der Waals surface area contributed by atoms with Gasteiger partial charge in [0.05, 0.1) is 6.04 Å². The standard InChI is InChI=1S/C33H39N3O6/c1-22-24(10-13-30(34-22)42-26-11-12-29(40-21-31(37)38)27(18-26)33(2,3)4)19-35-16-14-25(15-17-35)36-28(20-41-32(36)39)23-8-6-5-7-9-23/h5-13,18,25,28H,14-17,19-21H2,1-4H3,(H,37,38). The highest BCUT2D eigenvalue weighted by atomic mass is 16.6. The number of nitrogens with zero attached hydrogens (tertiary/aromatic N) is 3. The summed E-state index contributed by atoms with van der Waals surface area (Å²) in [5.41, 5.74) is 3.74. The number of benzene rings is 2. The number of carboxylic acids is 1. The van der Waals surface area contributed by atoms with E-state index in [4.69, 9.17) is 24.3 Å². The van der Waals surface area contributed by atoms with Gasteiger partial charge in [0.25, 0.3) is 0 Å². The molecule has 1 amide bonds. The number of aryl methyl sites for hydroxylation is 1. The quantitative estimate of drug-likeness (QED) is 0.328. The van der Waals surface area contributed by atoms with E-state index in [1.54, 1.807) is 12.1 Å². The Labute approximate surface area is 247 Å². The van der Waals surface area contributed by atoms with Gasteiger partial charge in [0.1, 0.15) is 18.1 Å². The zero-order chi connectivity index (χ0) is 29.9. The van der Waals surface area contributed by atoms with Crippen molar-refractivity contribution in [3.8, 4) is 17.4 Å². The maximum Gasteiger partial charge on any atom is 0.410 e. The lowest BCUT2D eigenvalue weighted by molar-refractivity contribution is -0.139. The highest BCUT2D eigenvalue weighted by molar-refractivity contribution is 5.71. The van der Waals surface area contributed by atoms with Crippen molar-refractivity contribution in [1.29, 1.82) is 0 Å². The van der Waals surface area contributed by atoms with E-state index in [2.05, 4.69) is 23.1 Å². The van der Waals surface area contributed by atoms with Gasteiger partial charge >= 0.3 is 12.1 Å². The molecule has 2 aliphatic rings. The molecule has 0 saturated carbocycles.